The van der Waals surface area contributed by atoms with Crippen LogP contribution in [0, 0.1) is 5.92 Å². The molecule has 138 valence electrons. The zero-order valence-corrected chi connectivity index (χ0v) is 16.1. The zero-order valence-electron chi connectivity index (χ0n) is 15.3. The summed E-state index contributed by atoms with van der Waals surface area (Å²) in [5.74, 6) is 1.62. The molecule has 6 nitrogen and oxygen atoms in total. The first-order chi connectivity index (χ1) is 10.8. The Balaban J connectivity index is 3.77. The van der Waals surface area contributed by atoms with Crippen molar-refractivity contribution in [1.29, 1.82) is 0 Å². The first-order valence-electron chi connectivity index (χ1n) is 8.82. The maximum absolute atomic E-state index is 10.9. The van der Waals surface area contributed by atoms with Crippen LogP contribution in [0.3, 0.4) is 0 Å². The predicted octanol–water partition coefficient (Wildman–Crippen LogP) is 2.09. The summed E-state index contributed by atoms with van der Waals surface area (Å²) in [7, 11) is -3.10. The summed E-state index contributed by atoms with van der Waals surface area (Å²) in [6.07, 6.45) is 8.19. The quantitative estimate of drug-likeness (QED) is 0.270. The fourth-order valence-electron chi connectivity index (χ4n) is 2.11. The lowest BCUT2D eigenvalue weighted by Crippen LogP contribution is -2.38. The highest BCUT2D eigenvalue weighted by Gasteiger charge is 2.00. The monoisotopic (exact) mass is 348 g/mol. The zero-order chi connectivity index (χ0) is 17.6. The molecule has 0 atom stereocenters. The molecule has 0 saturated heterocycles. The third-order valence-electron chi connectivity index (χ3n) is 3.31. The highest BCUT2D eigenvalue weighted by Crippen LogP contribution is 2.08. The van der Waals surface area contributed by atoms with Gasteiger partial charge in [-0.25, -0.2) is 13.1 Å². The van der Waals surface area contributed by atoms with E-state index >= 15 is 0 Å². The number of aliphatic imine (C=N–C) groups is 1. The average molecular weight is 349 g/mol. The topological polar surface area (TPSA) is 82.6 Å². The smallest absolute Gasteiger partial charge is 0.208 e. The van der Waals surface area contributed by atoms with Crippen molar-refractivity contribution in [1.82, 2.24) is 15.4 Å². The van der Waals surface area contributed by atoms with Crippen molar-refractivity contribution in [2.24, 2.45) is 10.9 Å². The third kappa shape index (κ3) is 17.4. The SMILES string of the molecule is CCNC(=NCCCNS(C)(=O)=O)NCCCCCCC(C)C. The number of guanidine groups is 1. The molecule has 0 radical (unpaired) electrons. The van der Waals surface area contributed by atoms with Crippen LogP contribution in [0.1, 0.15) is 59.3 Å². The van der Waals surface area contributed by atoms with Crippen LogP contribution in [-0.4, -0.2) is 46.8 Å². The summed E-state index contributed by atoms with van der Waals surface area (Å²) in [6.45, 7) is 9.35. The molecule has 0 aromatic heterocycles. The Bertz CT molecular complexity index is 408. The van der Waals surface area contributed by atoms with Gasteiger partial charge in [0.15, 0.2) is 5.96 Å². The standard InChI is InChI=1S/C16H36N4O2S/c1-5-17-16(19-13-10-14-20-23(4,21)22)18-12-9-7-6-8-11-15(2)3/h15,20H,5-14H2,1-4H3,(H2,17,18,19). The van der Waals surface area contributed by atoms with Crippen LogP contribution in [0.4, 0.5) is 0 Å². The number of hydrogen-bond acceptors (Lipinski definition) is 3. The molecule has 3 N–H and O–H groups in total. The van der Waals surface area contributed by atoms with E-state index in [4.69, 9.17) is 0 Å². The molecule has 0 saturated carbocycles. The Hall–Kier alpha value is -0.820. The van der Waals surface area contributed by atoms with Crippen molar-refractivity contribution < 1.29 is 8.42 Å². The van der Waals surface area contributed by atoms with Crippen molar-refractivity contribution in [3.05, 3.63) is 0 Å². The van der Waals surface area contributed by atoms with Crippen LogP contribution in [0.5, 0.6) is 0 Å². The van der Waals surface area contributed by atoms with Gasteiger partial charge < -0.3 is 10.6 Å². The van der Waals surface area contributed by atoms with Crippen LogP contribution >= 0.6 is 0 Å². The van der Waals surface area contributed by atoms with Crippen LogP contribution in [0.25, 0.3) is 0 Å². The van der Waals surface area contributed by atoms with Crippen LogP contribution in [0.15, 0.2) is 4.99 Å². The van der Waals surface area contributed by atoms with E-state index in [1.165, 1.54) is 31.9 Å². The van der Waals surface area contributed by atoms with E-state index in [0.717, 1.165) is 31.4 Å². The second kappa shape index (κ2) is 13.6. The van der Waals surface area contributed by atoms with E-state index < -0.39 is 10.0 Å². The van der Waals surface area contributed by atoms with Crippen molar-refractivity contribution in [3.63, 3.8) is 0 Å². The van der Waals surface area contributed by atoms with Gasteiger partial charge in [-0.3, -0.25) is 4.99 Å². The van der Waals surface area contributed by atoms with Gasteiger partial charge in [0.25, 0.3) is 0 Å². The van der Waals surface area contributed by atoms with Crippen molar-refractivity contribution in [3.8, 4) is 0 Å². The first kappa shape index (κ1) is 22.2. The number of rotatable bonds is 13. The fraction of sp³-hybridized carbons (Fsp3) is 0.938. The molecule has 0 aliphatic carbocycles. The van der Waals surface area contributed by atoms with Gasteiger partial charge in [0.2, 0.25) is 10.0 Å². The minimum atomic E-state index is -3.10. The molecule has 0 rings (SSSR count). The summed E-state index contributed by atoms with van der Waals surface area (Å²) in [5.41, 5.74) is 0. The van der Waals surface area contributed by atoms with Gasteiger partial charge in [-0.2, -0.15) is 0 Å². The lowest BCUT2D eigenvalue weighted by Gasteiger charge is -2.11. The fourth-order valence-corrected chi connectivity index (χ4v) is 2.62. The van der Waals surface area contributed by atoms with E-state index in [9.17, 15) is 8.42 Å². The lowest BCUT2D eigenvalue weighted by atomic mass is 10.0. The minimum absolute atomic E-state index is 0.428. The molecule has 0 spiro atoms. The number of unbranched alkanes of at least 4 members (excludes halogenated alkanes) is 3. The normalized spacial score (nSPS) is 12.7. The molecule has 0 fully saturated rings. The third-order valence-corrected chi connectivity index (χ3v) is 4.04. The molecule has 0 aromatic carbocycles. The van der Waals surface area contributed by atoms with E-state index in [1.807, 2.05) is 6.92 Å². The Morgan fingerprint density at radius 2 is 1.70 bits per heavy atom. The van der Waals surface area contributed by atoms with Gasteiger partial charge in [-0.05, 0) is 25.7 Å². The summed E-state index contributed by atoms with van der Waals surface area (Å²) >= 11 is 0. The summed E-state index contributed by atoms with van der Waals surface area (Å²) in [4.78, 5) is 4.45. The molecule has 0 aromatic rings. The van der Waals surface area contributed by atoms with Crippen LogP contribution in [0.2, 0.25) is 0 Å². The van der Waals surface area contributed by atoms with Gasteiger partial charge in [0.1, 0.15) is 0 Å². The maximum Gasteiger partial charge on any atom is 0.208 e. The Morgan fingerprint density at radius 3 is 2.30 bits per heavy atom. The molecule has 0 aliphatic rings. The molecule has 0 aliphatic heterocycles. The average Bonchev–Trinajstić information content (AvgIpc) is 2.44. The molecule has 0 heterocycles. The molecule has 7 heteroatoms. The molecule has 0 bridgehead atoms. The second-order valence-corrected chi connectivity index (χ2v) is 8.14. The summed E-state index contributed by atoms with van der Waals surface area (Å²) < 4.78 is 24.4. The highest BCUT2D eigenvalue weighted by molar-refractivity contribution is 7.88. The Morgan fingerprint density at radius 1 is 1.00 bits per heavy atom. The van der Waals surface area contributed by atoms with Crippen LogP contribution < -0.4 is 15.4 Å². The Labute approximate surface area is 143 Å². The van der Waals surface area contributed by atoms with Crippen molar-refractivity contribution in [2.75, 3.05) is 32.4 Å². The second-order valence-electron chi connectivity index (χ2n) is 6.30. The number of nitrogens with zero attached hydrogens (tertiary/aromatic N) is 1. The maximum atomic E-state index is 10.9. The molecule has 0 unspecified atom stereocenters. The van der Waals surface area contributed by atoms with Gasteiger partial charge in [-0.1, -0.05) is 39.5 Å². The number of sulfonamides is 1. The Kier molecular flexibility index (Phi) is 13.1. The first-order valence-corrected chi connectivity index (χ1v) is 10.7. The largest absolute Gasteiger partial charge is 0.357 e. The van der Waals surface area contributed by atoms with E-state index in [2.05, 4.69) is 34.2 Å². The number of nitrogens with one attached hydrogen (secondary N) is 3. The molecule has 0 amide bonds. The number of hydrogen-bond donors (Lipinski definition) is 3. The van der Waals surface area contributed by atoms with Gasteiger partial charge in [0.05, 0.1) is 6.26 Å². The van der Waals surface area contributed by atoms with E-state index in [-0.39, 0.29) is 0 Å². The van der Waals surface area contributed by atoms with Crippen molar-refractivity contribution in [2.45, 2.75) is 59.3 Å². The van der Waals surface area contributed by atoms with Crippen molar-refractivity contribution >= 4 is 16.0 Å². The molecule has 23 heavy (non-hydrogen) atoms. The summed E-state index contributed by atoms with van der Waals surface area (Å²) in [5, 5.41) is 6.53. The lowest BCUT2D eigenvalue weighted by molar-refractivity contribution is 0.518. The van der Waals surface area contributed by atoms with E-state index in [0.29, 0.717) is 19.5 Å². The van der Waals surface area contributed by atoms with Crippen LogP contribution in [-0.2, 0) is 10.0 Å². The molecular weight excluding hydrogens is 312 g/mol. The van der Waals surface area contributed by atoms with Gasteiger partial charge >= 0.3 is 0 Å². The minimum Gasteiger partial charge on any atom is -0.357 e. The predicted molar refractivity (Wildman–Crippen MR) is 99.4 cm³/mol. The van der Waals surface area contributed by atoms with Gasteiger partial charge in [0, 0.05) is 26.2 Å². The van der Waals surface area contributed by atoms with Gasteiger partial charge in [-0.15, -0.1) is 0 Å². The van der Waals surface area contributed by atoms with E-state index in [1.54, 1.807) is 0 Å². The highest BCUT2D eigenvalue weighted by atomic mass is 32.2. The molecular formula is C16H36N4O2S. The summed E-state index contributed by atoms with van der Waals surface area (Å²) in [6, 6.07) is 0.